The lowest BCUT2D eigenvalue weighted by molar-refractivity contribution is 0.568. The topological polar surface area (TPSA) is 39.2 Å². The van der Waals surface area contributed by atoms with E-state index in [0.29, 0.717) is 0 Å². The Morgan fingerprint density at radius 1 is 1.15 bits per heavy atom. The van der Waals surface area contributed by atoms with Gasteiger partial charge in [0.05, 0.1) is 18.2 Å². The van der Waals surface area contributed by atoms with Crippen molar-refractivity contribution in [2.75, 3.05) is 5.73 Å². The molecule has 2 aromatic rings. The third-order valence-electron chi connectivity index (χ3n) is 1.85. The molecule has 1 aromatic carbocycles. The molecule has 0 spiro atoms. The minimum atomic E-state index is -0.404. The van der Waals surface area contributed by atoms with Gasteiger partial charge >= 0.3 is 0 Å². The minimum Gasteiger partial charge on any atom is -0.472 e. The zero-order chi connectivity index (χ0) is 9.26. The number of hydrogen-bond donors (Lipinski definition) is 1. The average molecular weight is 177 g/mol. The summed E-state index contributed by atoms with van der Waals surface area (Å²) in [6.07, 6.45) is 3.11. The Kier molecular flexibility index (Phi) is 1.77. The zero-order valence-corrected chi connectivity index (χ0v) is 6.83. The van der Waals surface area contributed by atoms with E-state index in [-0.39, 0.29) is 5.69 Å². The van der Waals surface area contributed by atoms with Crippen LogP contribution < -0.4 is 5.73 Å². The standard InChI is InChI=1S/C10H8FNO/c11-9-5-7(1-2-10(9)12)8-3-4-13-6-8/h1-6H,12H2. The van der Waals surface area contributed by atoms with E-state index < -0.39 is 5.82 Å². The lowest BCUT2D eigenvalue weighted by Gasteiger charge is -1.99. The van der Waals surface area contributed by atoms with Crippen LogP contribution in [0.2, 0.25) is 0 Å². The second-order valence-electron chi connectivity index (χ2n) is 2.75. The highest BCUT2D eigenvalue weighted by molar-refractivity contribution is 5.64. The second-order valence-corrected chi connectivity index (χ2v) is 2.75. The van der Waals surface area contributed by atoms with Gasteiger partial charge in [-0.25, -0.2) is 4.39 Å². The summed E-state index contributed by atoms with van der Waals surface area (Å²) in [5.41, 5.74) is 7.11. The van der Waals surface area contributed by atoms with Crippen LogP contribution in [0.3, 0.4) is 0 Å². The highest BCUT2D eigenvalue weighted by atomic mass is 19.1. The smallest absolute Gasteiger partial charge is 0.146 e. The van der Waals surface area contributed by atoms with Gasteiger partial charge in [-0.1, -0.05) is 6.07 Å². The van der Waals surface area contributed by atoms with Gasteiger partial charge in [-0.15, -0.1) is 0 Å². The highest BCUT2D eigenvalue weighted by Gasteiger charge is 2.02. The van der Waals surface area contributed by atoms with Gasteiger partial charge in [0.15, 0.2) is 0 Å². The SMILES string of the molecule is Nc1ccc(-c2ccoc2)cc1F. The summed E-state index contributed by atoms with van der Waals surface area (Å²) in [6, 6.07) is 6.45. The molecule has 0 saturated carbocycles. The Labute approximate surface area is 74.8 Å². The summed E-state index contributed by atoms with van der Waals surface area (Å²) in [4.78, 5) is 0. The summed E-state index contributed by atoms with van der Waals surface area (Å²) in [7, 11) is 0. The predicted octanol–water partition coefficient (Wildman–Crippen LogP) is 2.67. The number of nitrogen functional groups attached to an aromatic ring is 1. The molecule has 0 radical (unpaired) electrons. The molecule has 0 aliphatic rings. The monoisotopic (exact) mass is 177 g/mol. The van der Waals surface area contributed by atoms with E-state index in [9.17, 15) is 4.39 Å². The van der Waals surface area contributed by atoms with Gasteiger partial charge in [0.25, 0.3) is 0 Å². The fourth-order valence-corrected chi connectivity index (χ4v) is 1.14. The summed E-state index contributed by atoms with van der Waals surface area (Å²) in [6.45, 7) is 0. The molecule has 0 fully saturated rings. The van der Waals surface area contributed by atoms with Crippen molar-refractivity contribution in [1.82, 2.24) is 0 Å². The summed E-state index contributed by atoms with van der Waals surface area (Å²) < 4.78 is 17.9. The van der Waals surface area contributed by atoms with Crippen LogP contribution in [-0.4, -0.2) is 0 Å². The number of furan rings is 1. The first-order valence-corrected chi connectivity index (χ1v) is 3.85. The van der Waals surface area contributed by atoms with E-state index in [0.717, 1.165) is 11.1 Å². The van der Waals surface area contributed by atoms with Crippen molar-refractivity contribution in [3.63, 3.8) is 0 Å². The Balaban J connectivity index is 2.49. The third-order valence-corrected chi connectivity index (χ3v) is 1.85. The molecule has 2 rings (SSSR count). The first kappa shape index (κ1) is 7.86. The van der Waals surface area contributed by atoms with Gasteiger partial charge in [-0.3, -0.25) is 0 Å². The molecule has 0 amide bonds. The molecule has 0 unspecified atom stereocenters. The van der Waals surface area contributed by atoms with E-state index >= 15 is 0 Å². The average Bonchev–Trinajstić information content (AvgIpc) is 2.62. The second kappa shape index (κ2) is 2.94. The molecule has 3 heteroatoms. The first-order chi connectivity index (χ1) is 6.27. The van der Waals surface area contributed by atoms with Crippen molar-refractivity contribution in [3.05, 3.63) is 42.6 Å². The number of hydrogen-bond acceptors (Lipinski definition) is 2. The number of benzene rings is 1. The Morgan fingerprint density at radius 3 is 2.62 bits per heavy atom. The Hall–Kier alpha value is -1.77. The predicted molar refractivity (Wildman–Crippen MR) is 48.5 cm³/mol. The van der Waals surface area contributed by atoms with Crippen molar-refractivity contribution in [1.29, 1.82) is 0 Å². The molecule has 1 heterocycles. The Morgan fingerprint density at radius 2 is 2.00 bits per heavy atom. The lowest BCUT2D eigenvalue weighted by Crippen LogP contribution is -1.89. The van der Waals surface area contributed by atoms with Gasteiger partial charge in [0.2, 0.25) is 0 Å². The molecule has 13 heavy (non-hydrogen) atoms. The molecule has 0 aliphatic heterocycles. The molecule has 0 aliphatic carbocycles. The van der Waals surface area contributed by atoms with Gasteiger partial charge in [-0.05, 0) is 23.8 Å². The van der Waals surface area contributed by atoms with Crippen molar-refractivity contribution in [2.45, 2.75) is 0 Å². The maximum absolute atomic E-state index is 13.0. The molecule has 0 saturated heterocycles. The van der Waals surface area contributed by atoms with E-state index in [1.807, 2.05) is 0 Å². The van der Waals surface area contributed by atoms with Gasteiger partial charge < -0.3 is 10.2 Å². The first-order valence-electron chi connectivity index (χ1n) is 3.85. The van der Waals surface area contributed by atoms with E-state index in [4.69, 9.17) is 10.2 Å². The van der Waals surface area contributed by atoms with Crippen LogP contribution in [0.4, 0.5) is 10.1 Å². The van der Waals surface area contributed by atoms with Crippen LogP contribution in [0.25, 0.3) is 11.1 Å². The van der Waals surface area contributed by atoms with Crippen molar-refractivity contribution in [3.8, 4) is 11.1 Å². The lowest BCUT2D eigenvalue weighted by atomic mass is 10.1. The van der Waals surface area contributed by atoms with E-state index in [1.165, 1.54) is 12.1 Å². The number of halogens is 1. The zero-order valence-electron chi connectivity index (χ0n) is 6.83. The Bertz CT molecular complexity index is 409. The number of nitrogens with two attached hydrogens (primary N) is 1. The molecule has 1 aromatic heterocycles. The normalized spacial score (nSPS) is 10.2. The molecule has 0 atom stereocenters. The summed E-state index contributed by atoms with van der Waals surface area (Å²) in [5.74, 6) is -0.404. The molecule has 2 nitrogen and oxygen atoms in total. The van der Waals surface area contributed by atoms with Crippen LogP contribution in [-0.2, 0) is 0 Å². The van der Waals surface area contributed by atoms with Gasteiger partial charge in [0.1, 0.15) is 5.82 Å². The largest absolute Gasteiger partial charge is 0.472 e. The van der Waals surface area contributed by atoms with Crippen molar-refractivity contribution < 1.29 is 8.81 Å². The molecule has 66 valence electrons. The van der Waals surface area contributed by atoms with Crippen molar-refractivity contribution in [2.24, 2.45) is 0 Å². The molecular formula is C10H8FNO. The fourth-order valence-electron chi connectivity index (χ4n) is 1.14. The van der Waals surface area contributed by atoms with E-state index in [2.05, 4.69) is 0 Å². The highest BCUT2D eigenvalue weighted by Crippen LogP contribution is 2.22. The van der Waals surface area contributed by atoms with E-state index in [1.54, 1.807) is 24.7 Å². The molecular weight excluding hydrogens is 169 g/mol. The minimum absolute atomic E-state index is 0.159. The number of rotatable bonds is 1. The maximum atomic E-state index is 13.0. The maximum Gasteiger partial charge on any atom is 0.146 e. The summed E-state index contributed by atoms with van der Waals surface area (Å²) >= 11 is 0. The van der Waals surface area contributed by atoms with Crippen LogP contribution in [0.1, 0.15) is 0 Å². The quantitative estimate of drug-likeness (QED) is 0.680. The van der Waals surface area contributed by atoms with Crippen LogP contribution in [0, 0.1) is 5.82 Å². The van der Waals surface area contributed by atoms with Gasteiger partial charge in [0, 0.05) is 5.56 Å². The van der Waals surface area contributed by atoms with Crippen LogP contribution in [0.5, 0.6) is 0 Å². The van der Waals surface area contributed by atoms with Crippen LogP contribution in [0.15, 0.2) is 41.2 Å². The molecule has 2 N–H and O–H groups in total. The summed E-state index contributed by atoms with van der Waals surface area (Å²) in [5, 5.41) is 0. The molecule has 0 bridgehead atoms. The van der Waals surface area contributed by atoms with Gasteiger partial charge in [-0.2, -0.15) is 0 Å². The van der Waals surface area contributed by atoms with Crippen LogP contribution >= 0.6 is 0 Å². The number of anilines is 1. The fraction of sp³-hybridized carbons (Fsp3) is 0. The third kappa shape index (κ3) is 1.40. The van der Waals surface area contributed by atoms with Crippen molar-refractivity contribution >= 4 is 5.69 Å².